The van der Waals surface area contributed by atoms with E-state index in [0.717, 1.165) is 41.9 Å². The molecule has 0 amide bonds. The lowest BCUT2D eigenvalue weighted by Crippen LogP contribution is -2.26. The molecule has 0 aliphatic carbocycles. The average molecular weight is 342 g/mol. The molecule has 1 aromatic carbocycles. The van der Waals surface area contributed by atoms with Crippen molar-refractivity contribution in [3.63, 3.8) is 0 Å². The first-order valence-corrected chi connectivity index (χ1v) is 9.25. The van der Waals surface area contributed by atoms with Crippen LogP contribution >= 0.6 is 0 Å². The van der Waals surface area contributed by atoms with Crippen molar-refractivity contribution >= 4 is 6.08 Å². The Balaban J connectivity index is 1.97. The molecule has 0 fully saturated rings. The average Bonchev–Trinajstić information content (AvgIpc) is 2.69. The van der Waals surface area contributed by atoms with Crippen LogP contribution in [-0.4, -0.2) is 9.97 Å². The van der Waals surface area contributed by atoms with Crippen molar-refractivity contribution < 1.29 is 0 Å². The maximum Gasteiger partial charge on any atom is 0.0889 e. The van der Waals surface area contributed by atoms with E-state index >= 15 is 0 Å². The Morgan fingerprint density at radius 3 is 2.54 bits per heavy atom. The predicted molar refractivity (Wildman–Crippen MR) is 110 cm³/mol. The molecule has 2 aromatic heterocycles. The second kappa shape index (κ2) is 8.09. The molecule has 2 heterocycles. The van der Waals surface area contributed by atoms with Crippen molar-refractivity contribution in [1.82, 2.24) is 9.97 Å². The van der Waals surface area contributed by atoms with Crippen LogP contribution in [0.4, 0.5) is 0 Å². The number of nitrogens with zero attached hydrogens (tertiary/aromatic N) is 2. The summed E-state index contributed by atoms with van der Waals surface area (Å²) in [6, 6.07) is 20.9. The summed E-state index contributed by atoms with van der Waals surface area (Å²) in [5.41, 5.74) is 5.46. The van der Waals surface area contributed by atoms with Gasteiger partial charge in [0, 0.05) is 17.3 Å². The highest BCUT2D eigenvalue weighted by atomic mass is 14.8. The van der Waals surface area contributed by atoms with Gasteiger partial charge in [-0.1, -0.05) is 69.3 Å². The number of hydrogen-bond donors (Lipinski definition) is 0. The molecule has 0 saturated carbocycles. The zero-order chi connectivity index (χ0) is 18.4. The van der Waals surface area contributed by atoms with Gasteiger partial charge in [-0.05, 0) is 48.2 Å². The zero-order valence-corrected chi connectivity index (χ0v) is 15.7. The van der Waals surface area contributed by atoms with Gasteiger partial charge in [-0.15, -0.1) is 0 Å². The Morgan fingerprint density at radius 2 is 1.81 bits per heavy atom. The van der Waals surface area contributed by atoms with E-state index < -0.39 is 0 Å². The van der Waals surface area contributed by atoms with Crippen LogP contribution in [0, 0.1) is 0 Å². The van der Waals surface area contributed by atoms with E-state index in [1.54, 1.807) is 0 Å². The topological polar surface area (TPSA) is 25.8 Å². The summed E-state index contributed by atoms with van der Waals surface area (Å²) >= 11 is 0. The molecule has 2 heteroatoms. The first-order chi connectivity index (χ1) is 12.6. The summed E-state index contributed by atoms with van der Waals surface area (Å²) in [5.74, 6) is 0. The van der Waals surface area contributed by atoms with Crippen LogP contribution in [0.1, 0.15) is 43.5 Å². The smallest absolute Gasteiger partial charge is 0.0889 e. The number of benzene rings is 1. The molecule has 3 rings (SSSR count). The molecular formula is C24H26N2. The molecule has 0 aliphatic heterocycles. The van der Waals surface area contributed by atoms with E-state index in [4.69, 9.17) is 4.98 Å². The minimum Gasteiger partial charge on any atom is -0.255 e. The monoisotopic (exact) mass is 342 g/mol. The molecule has 2 nitrogen and oxygen atoms in total. The molecule has 132 valence electrons. The van der Waals surface area contributed by atoms with Crippen LogP contribution in [0.5, 0.6) is 0 Å². The largest absolute Gasteiger partial charge is 0.255 e. The van der Waals surface area contributed by atoms with Crippen LogP contribution in [0.25, 0.3) is 17.5 Å². The first kappa shape index (κ1) is 18.1. The van der Waals surface area contributed by atoms with Crippen molar-refractivity contribution in [1.29, 1.82) is 0 Å². The lowest BCUT2D eigenvalue weighted by molar-refractivity contribution is 0.414. The molecule has 26 heavy (non-hydrogen) atoms. The third-order valence-corrected chi connectivity index (χ3v) is 4.88. The third kappa shape index (κ3) is 4.08. The molecule has 0 radical (unpaired) electrons. The van der Waals surface area contributed by atoms with Crippen LogP contribution < -0.4 is 0 Å². The van der Waals surface area contributed by atoms with Gasteiger partial charge in [0.25, 0.3) is 0 Å². The standard InChI is InChI=1S/C24H26N2/c1-4-15-24(3,18-20-11-8-10-19(5-2)17-20)23-14-9-13-22(26-23)21-12-6-7-16-25-21/h5-14,16-17H,2,4,15,18H2,1,3H3. The van der Waals surface area contributed by atoms with E-state index in [1.807, 2.05) is 36.5 Å². The predicted octanol–water partition coefficient (Wildman–Crippen LogP) is 6.09. The lowest BCUT2D eigenvalue weighted by Gasteiger charge is -2.29. The third-order valence-electron chi connectivity index (χ3n) is 4.88. The van der Waals surface area contributed by atoms with Gasteiger partial charge in [-0.25, -0.2) is 0 Å². The second-order valence-electron chi connectivity index (χ2n) is 7.06. The van der Waals surface area contributed by atoms with Crippen LogP contribution in [0.15, 0.2) is 73.4 Å². The van der Waals surface area contributed by atoms with Crippen LogP contribution in [0.3, 0.4) is 0 Å². The summed E-state index contributed by atoms with van der Waals surface area (Å²) in [5, 5.41) is 0. The second-order valence-corrected chi connectivity index (χ2v) is 7.06. The number of aromatic nitrogens is 2. The van der Waals surface area contributed by atoms with Gasteiger partial charge in [-0.2, -0.15) is 0 Å². The maximum atomic E-state index is 4.99. The van der Waals surface area contributed by atoms with Gasteiger partial charge in [0.05, 0.1) is 11.4 Å². The molecule has 0 aliphatic rings. The fraction of sp³-hybridized carbons (Fsp3) is 0.250. The Hall–Kier alpha value is -2.74. The maximum absolute atomic E-state index is 4.99. The summed E-state index contributed by atoms with van der Waals surface area (Å²) in [7, 11) is 0. The number of rotatable bonds is 7. The Kier molecular flexibility index (Phi) is 5.62. The molecule has 3 aromatic rings. The molecule has 1 atom stereocenters. The van der Waals surface area contributed by atoms with Gasteiger partial charge >= 0.3 is 0 Å². The van der Waals surface area contributed by atoms with Crippen molar-refractivity contribution in [2.24, 2.45) is 0 Å². The zero-order valence-electron chi connectivity index (χ0n) is 15.7. The molecule has 0 bridgehead atoms. The van der Waals surface area contributed by atoms with Gasteiger partial charge in [0.1, 0.15) is 0 Å². The molecule has 0 N–H and O–H groups in total. The SMILES string of the molecule is C=Cc1cccc(CC(C)(CCC)c2cccc(-c3ccccn3)n2)c1. The fourth-order valence-electron chi connectivity index (χ4n) is 3.57. The van der Waals surface area contributed by atoms with E-state index in [-0.39, 0.29) is 5.41 Å². The minimum absolute atomic E-state index is 0.0145. The van der Waals surface area contributed by atoms with E-state index in [1.165, 1.54) is 5.56 Å². The lowest BCUT2D eigenvalue weighted by atomic mass is 9.76. The van der Waals surface area contributed by atoms with Gasteiger partial charge in [0.2, 0.25) is 0 Å². The minimum atomic E-state index is -0.0145. The number of hydrogen-bond acceptors (Lipinski definition) is 2. The summed E-state index contributed by atoms with van der Waals surface area (Å²) in [6.07, 6.45) is 6.88. The van der Waals surface area contributed by atoms with Crippen LogP contribution in [0.2, 0.25) is 0 Å². The van der Waals surface area contributed by atoms with Crippen molar-refractivity contribution in [2.45, 2.75) is 38.5 Å². The van der Waals surface area contributed by atoms with Crippen LogP contribution in [-0.2, 0) is 11.8 Å². The quantitative estimate of drug-likeness (QED) is 0.519. The Bertz CT molecular complexity index is 870. The molecule has 1 unspecified atom stereocenters. The van der Waals surface area contributed by atoms with Crippen molar-refractivity contribution in [3.8, 4) is 11.4 Å². The molecular weight excluding hydrogens is 316 g/mol. The fourth-order valence-corrected chi connectivity index (χ4v) is 3.57. The van der Waals surface area contributed by atoms with Crippen molar-refractivity contribution in [2.75, 3.05) is 0 Å². The first-order valence-electron chi connectivity index (χ1n) is 9.25. The van der Waals surface area contributed by atoms with Crippen molar-refractivity contribution in [3.05, 3.63) is 90.3 Å². The summed E-state index contributed by atoms with van der Waals surface area (Å²) in [4.78, 5) is 9.44. The van der Waals surface area contributed by atoms with E-state index in [9.17, 15) is 0 Å². The highest BCUT2D eigenvalue weighted by Gasteiger charge is 2.28. The van der Waals surface area contributed by atoms with Gasteiger partial charge in [-0.3, -0.25) is 9.97 Å². The summed E-state index contributed by atoms with van der Waals surface area (Å²) < 4.78 is 0. The van der Waals surface area contributed by atoms with E-state index in [2.05, 4.69) is 61.8 Å². The Labute approximate surface area is 156 Å². The normalized spacial score (nSPS) is 13.2. The van der Waals surface area contributed by atoms with Gasteiger partial charge in [0.15, 0.2) is 0 Å². The van der Waals surface area contributed by atoms with Gasteiger partial charge < -0.3 is 0 Å². The highest BCUT2D eigenvalue weighted by molar-refractivity contribution is 5.54. The summed E-state index contributed by atoms with van der Waals surface area (Å²) in [6.45, 7) is 8.45. The Morgan fingerprint density at radius 1 is 1.00 bits per heavy atom. The highest BCUT2D eigenvalue weighted by Crippen LogP contribution is 2.33. The number of pyridine rings is 2. The molecule has 0 spiro atoms. The van der Waals surface area contributed by atoms with E-state index in [0.29, 0.717) is 0 Å². The molecule has 0 saturated heterocycles.